The van der Waals surface area contributed by atoms with E-state index in [9.17, 15) is 0 Å². The van der Waals surface area contributed by atoms with Crippen molar-refractivity contribution in [3.05, 3.63) is 199 Å². The number of para-hydroxylation sites is 1. The van der Waals surface area contributed by atoms with Gasteiger partial charge in [0.2, 0.25) is 0 Å². The van der Waals surface area contributed by atoms with Crippen molar-refractivity contribution >= 4 is 53.4 Å². The second-order valence-corrected chi connectivity index (χ2v) is 16.3. The average molecular weight is 776 g/mol. The van der Waals surface area contributed by atoms with Gasteiger partial charge in [-0.25, -0.2) is 15.0 Å². The van der Waals surface area contributed by atoms with Crippen LogP contribution >= 0.6 is 11.3 Å². The molecule has 8 aromatic carbocycles. The molecule has 11 aromatic rings. The van der Waals surface area contributed by atoms with E-state index in [0.29, 0.717) is 17.5 Å². The van der Waals surface area contributed by atoms with Crippen LogP contribution in [0.3, 0.4) is 0 Å². The molecule has 0 amide bonds. The minimum atomic E-state index is 0.138. The molecular formula is C54H37N3OS. The summed E-state index contributed by atoms with van der Waals surface area (Å²) >= 11 is 1.79. The minimum absolute atomic E-state index is 0.138. The predicted molar refractivity (Wildman–Crippen MR) is 246 cm³/mol. The van der Waals surface area contributed by atoms with Crippen LogP contribution in [0, 0.1) is 6.92 Å². The number of hydrogen-bond acceptors (Lipinski definition) is 5. The molecule has 0 spiro atoms. The quantitative estimate of drug-likeness (QED) is 0.162. The van der Waals surface area contributed by atoms with E-state index in [1.54, 1.807) is 11.3 Å². The highest BCUT2D eigenvalue weighted by Crippen LogP contribution is 2.42. The molecule has 0 N–H and O–H groups in total. The Bertz CT molecular complexity index is 3380. The van der Waals surface area contributed by atoms with E-state index < -0.39 is 0 Å². The molecule has 5 heteroatoms. The maximum atomic E-state index is 6.13. The summed E-state index contributed by atoms with van der Waals surface area (Å²) in [6.45, 7) is 4.47. The predicted octanol–water partition coefficient (Wildman–Crippen LogP) is 14.9. The number of hydrogen-bond donors (Lipinski definition) is 0. The number of aryl methyl sites for hydroxylation is 1. The molecular weight excluding hydrogens is 739 g/mol. The van der Waals surface area contributed by atoms with Gasteiger partial charge in [0, 0.05) is 53.6 Å². The Morgan fingerprint density at radius 1 is 0.441 bits per heavy atom. The summed E-state index contributed by atoms with van der Waals surface area (Å²) in [5.74, 6) is 2.10. The van der Waals surface area contributed by atoms with Crippen LogP contribution in [0.15, 0.2) is 186 Å². The molecule has 3 aromatic heterocycles. The van der Waals surface area contributed by atoms with Gasteiger partial charge in [0.05, 0.1) is 0 Å². The minimum Gasteiger partial charge on any atom is -0.456 e. The summed E-state index contributed by atoms with van der Waals surface area (Å²) in [7, 11) is 0. The molecule has 59 heavy (non-hydrogen) atoms. The zero-order valence-corrected chi connectivity index (χ0v) is 33.4. The van der Waals surface area contributed by atoms with E-state index >= 15 is 0 Å². The van der Waals surface area contributed by atoms with E-state index in [2.05, 4.69) is 166 Å². The van der Waals surface area contributed by atoms with Gasteiger partial charge in [-0.1, -0.05) is 153 Å². The molecule has 0 aliphatic heterocycles. The van der Waals surface area contributed by atoms with Crippen LogP contribution in [-0.4, -0.2) is 15.0 Å². The fraction of sp³-hybridized carbons (Fsp3) is 0.0556. The lowest BCUT2D eigenvalue weighted by Gasteiger charge is -2.19. The van der Waals surface area contributed by atoms with Crippen molar-refractivity contribution in [1.82, 2.24) is 15.0 Å². The SMILES string of the molecule is Cc1ccccc1-c1ccccc1C(C)c1cccc(-c2nc(-c3ccccc3)nc(-c3cccc4c3sc3cc(-c5ccc6oc7ccccc7c6c5)ccc34)n2)c1. The molecule has 1 unspecified atom stereocenters. The third-order valence-electron chi connectivity index (χ3n) is 11.6. The highest BCUT2D eigenvalue weighted by atomic mass is 32.1. The van der Waals surface area contributed by atoms with Gasteiger partial charge in [0.15, 0.2) is 17.5 Å². The van der Waals surface area contributed by atoms with Crippen molar-refractivity contribution in [2.45, 2.75) is 19.8 Å². The maximum Gasteiger partial charge on any atom is 0.165 e. The highest BCUT2D eigenvalue weighted by molar-refractivity contribution is 7.26. The van der Waals surface area contributed by atoms with E-state index in [1.165, 1.54) is 48.9 Å². The molecule has 0 saturated heterocycles. The molecule has 11 rings (SSSR count). The summed E-state index contributed by atoms with van der Waals surface area (Å²) in [6, 6.07) is 64.3. The molecule has 0 radical (unpaired) electrons. The van der Waals surface area contributed by atoms with Crippen molar-refractivity contribution in [1.29, 1.82) is 0 Å². The molecule has 1 atom stereocenters. The van der Waals surface area contributed by atoms with Crippen LogP contribution in [0.5, 0.6) is 0 Å². The van der Waals surface area contributed by atoms with Gasteiger partial charge in [0.25, 0.3) is 0 Å². The van der Waals surface area contributed by atoms with Crippen LogP contribution in [0.1, 0.15) is 29.5 Å². The van der Waals surface area contributed by atoms with Crippen molar-refractivity contribution in [3.8, 4) is 56.4 Å². The number of furan rings is 1. The fourth-order valence-corrected chi connectivity index (χ4v) is 9.77. The van der Waals surface area contributed by atoms with Crippen LogP contribution in [0.2, 0.25) is 0 Å². The Labute approximate surface area is 346 Å². The standard InChI is InChI=1S/C54H37N3OS/c1-33-14-6-7-19-40(33)42-21-9-8-20-41(42)34(2)36-17-12-18-39(30-36)53-55-52(35-15-4-3-5-16-35)56-54(57-53)46-24-13-23-45-44-28-26-38(32-50(44)59-51(45)46)37-27-29-49-47(31-37)43-22-10-11-25-48(43)58-49/h3-32,34H,1-2H3. The third-order valence-corrected chi connectivity index (χ3v) is 12.8. The summed E-state index contributed by atoms with van der Waals surface area (Å²) < 4.78 is 8.50. The molecule has 0 aliphatic rings. The first-order valence-corrected chi connectivity index (χ1v) is 20.8. The van der Waals surface area contributed by atoms with Crippen LogP contribution in [-0.2, 0) is 0 Å². The van der Waals surface area contributed by atoms with Crippen LogP contribution in [0.4, 0.5) is 0 Å². The lowest BCUT2D eigenvalue weighted by molar-refractivity contribution is 0.669. The van der Waals surface area contributed by atoms with E-state index in [0.717, 1.165) is 48.9 Å². The van der Waals surface area contributed by atoms with Gasteiger partial charge in [-0.15, -0.1) is 11.3 Å². The monoisotopic (exact) mass is 775 g/mol. The van der Waals surface area contributed by atoms with Gasteiger partial charge >= 0.3 is 0 Å². The Morgan fingerprint density at radius 2 is 1.08 bits per heavy atom. The molecule has 4 nitrogen and oxygen atoms in total. The summed E-state index contributed by atoms with van der Waals surface area (Å²) in [6.07, 6.45) is 0. The second-order valence-electron chi connectivity index (χ2n) is 15.2. The Balaban J connectivity index is 1.02. The van der Waals surface area contributed by atoms with Gasteiger partial charge in [-0.2, -0.15) is 0 Å². The second kappa shape index (κ2) is 14.3. The van der Waals surface area contributed by atoms with E-state index in [4.69, 9.17) is 19.4 Å². The first kappa shape index (κ1) is 35.0. The average Bonchev–Trinajstić information content (AvgIpc) is 3.87. The van der Waals surface area contributed by atoms with Gasteiger partial charge in [-0.3, -0.25) is 0 Å². The smallest absolute Gasteiger partial charge is 0.165 e. The van der Waals surface area contributed by atoms with E-state index in [-0.39, 0.29) is 5.92 Å². The lowest BCUT2D eigenvalue weighted by Crippen LogP contribution is -2.02. The number of benzene rings is 8. The number of thiophene rings is 1. The molecule has 3 heterocycles. The Hall–Kier alpha value is -7.21. The van der Waals surface area contributed by atoms with Crippen LogP contribution < -0.4 is 0 Å². The lowest BCUT2D eigenvalue weighted by atomic mass is 9.85. The normalized spacial score (nSPS) is 12.2. The van der Waals surface area contributed by atoms with Crippen molar-refractivity contribution in [3.63, 3.8) is 0 Å². The third kappa shape index (κ3) is 6.19. The first-order valence-electron chi connectivity index (χ1n) is 20.0. The molecule has 0 fully saturated rings. The number of rotatable bonds is 7. The topological polar surface area (TPSA) is 51.8 Å². The van der Waals surface area contributed by atoms with Crippen molar-refractivity contribution < 1.29 is 4.42 Å². The highest BCUT2D eigenvalue weighted by Gasteiger charge is 2.20. The molecule has 0 saturated carbocycles. The van der Waals surface area contributed by atoms with E-state index in [1.807, 2.05) is 30.3 Å². The molecule has 280 valence electrons. The maximum absolute atomic E-state index is 6.13. The Morgan fingerprint density at radius 3 is 1.97 bits per heavy atom. The van der Waals surface area contributed by atoms with Gasteiger partial charge in [0.1, 0.15) is 11.2 Å². The molecule has 0 bridgehead atoms. The summed E-state index contributed by atoms with van der Waals surface area (Å²) in [5.41, 5.74) is 13.3. The number of nitrogens with zero attached hydrogens (tertiary/aromatic N) is 3. The van der Waals surface area contributed by atoms with Gasteiger partial charge in [-0.05, 0) is 82.3 Å². The van der Waals surface area contributed by atoms with Crippen molar-refractivity contribution in [2.75, 3.05) is 0 Å². The molecule has 0 aliphatic carbocycles. The zero-order chi connectivity index (χ0) is 39.5. The summed E-state index contributed by atoms with van der Waals surface area (Å²) in [5, 5.41) is 4.67. The Kier molecular flexibility index (Phi) is 8.49. The first-order chi connectivity index (χ1) is 29.1. The fourth-order valence-electron chi connectivity index (χ4n) is 8.52. The van der Waals surface area contributed by atoms with Gasteiger partial charge < -0.3 is 4.42 Å². The number of aromatic nitrogens is 3. The summed E-state index contributed by atoms with van der Waals surface area (Å²) in [4.78, 5) is 15.6. The van der Waals surface area contributed by atoms with Crippen molar-refractivity contribution in [2.24, 2.45) is 0 Å². The number of fused-ring (bicyclic) bond motifs is 6. The van der Waals surface area contributed by atoms with Crippen LogP contribution in [0.25, 0.3) is 98.5 Å². The largest absolute Gasteiger partial charge is 0.456 e. The zero-order valence-electron chi connectivity index (χ0n) is 32.6.